The van der Waals surface area contributed by atoms with Gasteiger partial charge in [-0.3, -0.25) is 9.48 Å². The van der Waals surface area contributed by atoms with Crippen LogP contribution in [0, 0.1) is 12.5 Å². The SMILES string of the molecule is [C-]#[N+]c1ccc(OC2CCC(NC(=O)c3cnn(C4CCC(C=O)CC4)c3)CC2)cc1Cl. The fourth-order valence-electron chi connectivity index (χ4n) is 4.60. The molecule has 7 nitrogen and oxygen atoms in total. The molecule has 8 heteroatoms. The number of hydrogen-bond acceptors (Lipinski definition) is 4. The van der Waals surface area contributed by atoms with E-state index < -0.39 is 0 Å². The molecule has 0 spiro atoms. The second kappa shape index (κ2) is 10.2. The molecule has 2 fully saturated rings. The van der Waals surface area contributed by atoms with Crippen molar-refractivity contribution in [1.82, 2.24) is 15.1 Å². The quantitative estimate of drug-likeness (QED) is 0.484. The summed E-state index contributed by atoms with van der Waals surface area (Å²) in [6.07, 6.45) is 11.6. The Morgan fingerprint density at radius 2 is 1.94 bits per heavy atom. The van der Waals surface area contributed by atoms with E-state index in [-0.39, 0.29) is 30.0 Å². The standard InChI is InChI=1S/C24H27ClN4O3/c1-26-23-11-10-21(12-22(23)25)32-20-8-4-18(5-9-20)28-24(31)17-13-27-29(14-17)19-6-2-16(15-30)3-7-19/h10-16,18-20H,2-9H2,(H,28,31). The number of ether oxygens (including phenoxy) is 1. The third-order valence-electron chi connectivity index (χ3n) is 6.52. The number of aldehydes is 1. The van der Waals surface area contributed by atoms with Crippen LogP contribution in [0.1, 0.15) is 67.8 Å². The van der Waals surface area contributed by atoms with Crippen LogP contribution >= 0.6 is 11.6 Å². The molecule has 1 aromatic heterocycles. The largest absolute Gasteiger partial charge is 0.490 e. The Labute approximate surface area is 192 Å². The lowest BCUT2D eigenvalue weighted by Crippen LogP contribution is -2.39. The number of carbonyl (C=O) groups is 2. The zero-order valence-electron chi connectivity index (χ0n) is 17.9. The van der Waals surface area contributed by atoms with E-state index in [4.69, 9.17) is 22.9 Å². The van der Waals surface area contributed by atoms with Crippen LogP contribution < -0.4 is 10.1 Å². The summed E-state index contributed by atoms with van der Waals surface area (Å²) in [5, 5.41) is 7.93. The van der Waals surface area contributed by atoms with Crippen LogP contribution in [0.5, 0.6) is 5.75 Å². The summed E-state index contributed by atoms with van der Waals surface area (Å²) in [5.74, 6) is 0.743. The summed E-state index contributed by atoms with van der Waals surface area (Å²) < 4.78 is 7.90. The number of carbonyl (C=O) groups excluding carboxylic acids is 2. The van der Waals surface area contributed by atoms with Crippen LogP contribution in [0.25, 0.3) is 4.85 Å². The first-order chi connectivity index (χ1) is 15.6. The lowest BCUT2D eigenvalue weighted by atomic mass is 9.87. The lowest BCUT2D eigenvalue weighted by molar-refractivity contribution is -0.112. The number of halogens is 1. The van der Waals surface area contributed by atoms with Gasteiger partial charge >= 0.3 is 0 Å². The number of aromatic nitrogens is 2. The molecule has 0 aliphatic heterocycles. The topological polar surface area (TPSA) is 77.6 Å². The molecule has 32 heavy (non-hydrogen) atoms. The van der Waals surface area contributed by atoms with E-state index in [1.54, 1.807) is 24.4 Å². The summed E-state index contributed by atoms with van der Waals surface area (Å²) in [5.41, 5.74) is 0.998. The van der Waals surface area contributed by atoms with Crippen molar-refractivity contribution in [2.75, 3.05) is 0 Å². The van der Waals surface area contributed by atoms with Crippen molar-refractivity contribution in [2.45, 2.75) is 69.6 Å². The third-order valence-corrected chi connectivity index (χ3v) is 6.83. The highest BCUT2D eigenvalue weighted by Gasteiger charge is 2.26. The zero-order valence-corrected chi connectivity index (χ0v) is 18.6. The van der Waals surface area contributed by atoms with Crippen molar-refractivity contribution >= 4 is 29.5 Å². The molecule has 168 valence electrons. The molecule has 2 aliphatic rings. The van der Waals surface area contributed by atoms with Gasteiger partial charge in [-0.05, 0) is 63.5 Å². The molecule has 0 saturated heterocycles. The van der Waals surface area contributed by atoms with Crippen molar-refractivity contribution in [2.24, 2.45) is 5.92 Å². The van der Waals surface area contributed by atoms with E-state index in [1.165, 1.54) is 0 Å². The first-order valence-corrected chi connectivity index (χ1v) is 11.6. The fourth-order valence-corrected chi connectivity index (χ4v) is 4.81. The van der Waals surface area contributed by atoms with Gasteiger partial charge in [0, 0.05) is 18.2 Å². The Bertz CT molecular complexity index is 999. The van der Waals surface area contributed by atoms with Crippen LogP contribution in [0.15, 0.2) is 30.6 Å². The van der Waals surface area contributed by atoms with Crippen molar-refractivity contribution in [3.8, 4) is 5.75 Å². The van der Waals surface area contributed by atoms with Gasteiger partial charge in [0.25, 0.3) is 5.91 Å². The average molecular weight is 455 g/mol. The minimum atomic E-state index is -0.0938. The molecule has 4 rings (SSSR count). The molecular formula is C24H27ClN4O3. The molecule has 1 aromatic carbocycles. The van der Waals surface area contributed by atoms with Crippen molar-refractivity contribution < 1.29 is 14.3 Å². The normalized spacial score (nSPS) is 25.5. The van der Waals surface area contributed by atoms with Crippen molar-refractivity contribution in [1.29, 1.82) is 0 Å². The van der Waals surface area contributed by atoms with Gasteiger partial charge in [-0.25, -0.2) is 4.85 Å². The van der Waals surface area contributed by atoms with E-state index in [1.807, 2.05) is 10.9 Å². The highest BCUT2D eigenvalue weighted by molar-refractivity contribution is 6.33. The number of amides is 1. The van der Waals surface area contributed by atoms with E-state index in [0.717, 1.165) is 57.7 Å². The Balaban J connectivity index is 1.24. The highest BCUT2D eigenvalue weighted by Crippen LogP contribution is 2.32. The van der Waals surface area contributed by atoms with Gasteiger partial charge in [0.05, 0.1) is 35.5 Å². The summed E-state index contributed by atoms with van der Waals surface area (Å²) in [4.78, 5) is 27.0. The van der Waals surface area contributed by atoms with E-state index >= 15 is 0 Å². The summed E-state index contributed by atoms with van der Waals surface area (Å²) in [7, 11) is 0. The molecule has 0 unspecified atom stereocenters. The summed E-state index contributed by atoms with van der Waals surface area (Å²) in [6.45, 7) is 7.06. The van der Waals surface area contributed by atoms with Gasteiger partial charge in [-0.15, -0.1) is 0 Å². The van der Waals surface area contributed by atoms with Crippen LogP contribution in [-0.2, 0) is 4.79 Å². The van der Waals surface area contributed by atoms with Crippen molar-refractivity contribution in [3.05, 3.63) is 52.6 Å². The van der Waals surface area contributed by atoms with Gasteiger partial charge < -0.3 is 14.8 Å². The van der Waals surface area contributed by atoms with E-state index in [0.29, 0.717) is 22.0 Å². The highest BCUT2D eigenvalue weighted by atomic mass is 35.5. The minimum absolute atomic E-state index is 0.0715. The maximum Gasteiger partial charge on any atom is 0.254 e. The monoisotopic (exact) mass is 454 g/mol. The molecule has 0 atom stereocenters. The molecule has 1 heterocycles. The lowest BCUT2D eigenvalue weighted by Gasteiger charge is -2.29. The smallest absolute Gasteiger partial charge is 0.254 e. The Hall–Kier alpha value is -2.85. The molecule has 2 saturated carbocycles. The molecule has 1 N–H and O–H groups in total. The number of hydrogen-bond donors (Lipinski definition) is 1. The Morgan fingerprint density at radius 1 is 1.19 bits per heavy atom. The van der Waals surface area contributed by atoms with Gasteiger partial charge in [0.2, 0.25) is 5.69 Å². The predicted octanol–water partition coefficient (Wildman–Crippen LogP) is 5.14. The van der Waals surface area contributed by atoms with Gasteiger partial charge in [-0.2, -0.15) is 5.10 Å². The second-order valence-electron chi connectivity index (χ2n) is 8.70. The van der Waals surface area contributed by atoms with Crippen LogP contribution in [0.3, 0.4) is 0 Å². The molecular weight excluding hydrogens is 428 g/mol. The van der Waals surface area contributed by atoms with E-state index in [9.17, 15) is 9.59 Å². The average Bonchev–Trinajstić information content (AvgIpc) is 3.31. The number of nitrogens with zero attached hydrogens (tertiary/aromatic N) is 3. The minimum Gasteiger partial charge on any atom is -0.490 e. The van der Waals surface area contributed by atoms with Crippen LogP contribution in [0.2, 0.25) is 5.02 Å². The maximum atomic E-state index is 12.7. The third kappa shape index (κ3) is 5.31. The van der Waals surface area contributed by atoms with Gasteiger partial charge in [0.1, 0.15) is 12.0 Å². The first kappa shape index (κ1) is 22.3. The number of nitrogens with one attached hydrogen (secondary N) is 1. The summed E-state index contributed by atoms with van der Waals surface area (Å²) in [6, 6.07) is 5.51. The van der Waals surface area contributed by atoms with Crippen LogP contribution in [0.4, 0.5) is 5.69 Å². The molecule has 0 radical (unpaired) electrons. The predicted molar refractivity (Wildman–Crippen MR) is 121 cm³/mol. The van der Waals surface area contributed by atoms with E-state index in [2.05, 4.69) is 15.3 Å². The van der Waals surface area contributed by atoms with Crippen molar-refractivity contribution in [3.63, 3.8) is 0 Å². The first-order valence-electron chi connectivity index (χ1n) is 11.2. The van der Waals surface area contributed by atoms with Gasteiger partial charge in [-0.1, -0.05) is 17.7 Å². The summed E-state index contributed by atoms with van der Waals surface area (Å²) >= 11 is 6.09. The molecule has 2 aromatic rings. The molecule has 2 aliphatic carbocycles. The van der Waals surface area contributed by atoms with Crippen LogP contribution in [-0.4, -0.2) is 34.1 Å². The fraction of sp³-hybridized carbons (Fsp3) is 0.500. The number of rotatable bonds is 6. The zero-order chi connectivity index (χ0) is 22.5. The second-order valence-corrected chi connectivity index (χ2v) is 9.11. The Morgan fingerprint density at radius 3 is 2.59 bits per heavy atom. The van der Waals surface area contributed by atoms with Gasteiger partial charge in [0.15, 0.2) is 0 Å². The number of benzene rings is 1. The Kier molecular flexibility index (Phi) is 7.11. The maximum absolute atomic E-state index is 12.7. The molecule has 0 bridgehead atoms. The molecule has 1 amide bonds.